The molecule has 0 saturated carbocycles. The van der Waals surface area contributed by atoms with Crippen LogP contribution in [0.25, 0.3) is 10.8 Å². The van der Waals surface area contributed by atoms with Gasteiger partial charge in [0.25, 0.3) is 0 Å². The maximum atomic E-state index is 5.18. The molecule has 2 aromatic carbocycles. The molecule has 0 aliphatic heterocycles. The minimum atomic E-state index is 0. The van der Waals surface area contributed by atoms with E-state index in [4.69, 9.17) is 25.3 Å². The fourth-order valence-corrected chi connectivity index (χ4v) is 3.03. The molecular formula is C20H18N6NiS2. The summed E-state index contributed by atoms with van der Waals surface area (Å²) in [7, 11) is 0. The molecule has 1 aliphatic rings. The Labute approximate surface area is 190 Å². The van der Waals surface area contributed by atoms with Crippen molar-refractivity contribution in [1.82, 2.24) is 10.9 Å². The molecule has 0 radical (unpaired) electrons. The summed E-state index contributed by atoms with van der Waals surface area (Å²) in [6.07, 6.45) is 3.33. The number of amidine groups is 2. The van der Waals surface area contributed by atoms with Crippen molar-refractivity contribution in [2.45, 2.75) is 0 Å². The second kappa shape index (κ2) is 10.8. The van der Waals surface area contributed by atoms with Crippen LogP contribution in [0.15, 0.2) is 81.9 Å². The molecule has 2 N–H and O–H groups in total. The molecule has 0 aromatic heterocycles. The van der Waals surface area contributed by atoms with Crippen molar-refractivity contribution in [3.8, 4) is 0 Å². The number of benzene rings is 2. The van der Waals surface area contributed by atoms with Crippen LogP contribution in [0, 0.1) is 0 Å². The second-order valence-electron chi connectivity index (χ2n) is 5.72. The standard InChI is InChI=1S/C20H20N6S2.Ni/c1-3-11-21-19(27)25-23-17-14-9-5-7-13-8-6-10-15(16(13)14)18(17)24-26-20(28)22-12-4-2;/h3-10H,1-2,11-12H2,(H2,21,25,27)(H2,22,26,28);/q;+2/p-2/b23-17-,24-18+;. The van der Waals surface area contributed by atoms with Crippen molar-refractivity contribution < 1.29 is 16.5 Å². The maximum Gasteiger partial charge on any atom is 2.00 e. The van der Waals surface area contributed by atoms with Crippen LogP contribution < -0.4 is 10.9 Å². The minimum Gasteiger partial charge on any atom is -0.741 e. The molecule has 0 heterocycles. The third-order valence-electron chi connectivity index (χ3n) is 3.89. The molecule has 29 heavy (non-hydrogen) atoms. The first-order chi connectivity index (χ1) is 13.7. The molecule has 3 rings (SSSR count). The Morgan fingerprint density at radius 1 is 0.828 bits per heavy atom. The van der Waals surface area contributed by atoms with Gasteiger partial charge in [0, 0.05) is 16.5 Å². The Hall–Kier alpha value is -2.61. The molecule has 2 aromatic rings. The molecule has 0 unspecified atom stereocenters. The number of hydrogen-bond acceptors (Lipinski definition) is 6. The van der Waals surface area contributed by atoms with Crippen LogP contribution in [0.4, 0.5) is 0 Å². The van der Waals surface area contributed by atoms with Crippen molar-refractivity contribution in [3.63, 3.8) is 0 Å². The average molecular weight is 465 g/mol. The topological polar surface area (TPSA) is 73.5 Å². The Morgan fingerprint density at radius 3 is 1.69 bits per heavy atom. The summed E-state index contributed by atoms with van der Waals surface area (Å²) in [5, 5.41) is 11.7. The van der Waals surface area contributed by atoms with Gasteiger partial charge in [-0.25, -0.2) is 0 Å². The van der Waals surface area contributed by atoms with Gasteiger partial charge in [0.2, 0.25) is 0 Å². The summed E-state index contributed by atoms with van der Waals surface area (Å²) < 4.78 is 0. The Morgan fingerprint density at radius 2 is 1.28 bits per heavy atom. The first-order valence-corrected chi connectivity index (χ1v) is 9.32. The van der Waals surface area contributed by atoms with E-state index in [1.165, 1.54) is 0 Å². The second-order valence-corrected chi connectivity index (χ2v) is 6.50. The van der Waals surface area contributed by atoms with Crippen LogP contribution in [-0.4, -0.2) is 34.8 Å². The molecule has 6 nitrogen and oxygen atoms in total. The van der Waals surface area contributed by atoms with Gasteiger partial charge >= 0.3 is 16.5 Å². The van der Waals surface area contributed by atoms with E-state index in [1.54, 1.807) is 12.2 Å². The molecule has 1 aliphatic carbocycles. The van der Waals surface area contributed by atoms with E-state index in [0.717, 1.165) is 21.9 Å². The van der Waals surface area contributed by atoms with Crippen molar-refractivity contribution in [2.75, 3.05) is 13.1 Å². The maximum absolute atomic E-state index is 5.18. The Kier molecular flexibility index (Phi) is 8.45. The average Bonchev–Trinajstić information content (AvgIpc) is 3.02. The van der Waals surface area contributed by atoms with Crippen LogP contribution in [-0.2, 0) is 41.7 Å². The van der Waals surface area contributed by atoms with Crippen molar-refractivity contribution in [1.29, 1.82) is 0 Å². The minimum absolute atomic E-state index is 0. The molecule has 0 spiro atoms. The van der Waals surface area contributed by atoms with Crippen LogP contribution in [0.5, 0.6) is 0 Å². The van der Waals surface area contributed by atoms with Gasteiger partial charge in [0.05, 0.1) is 13.1 Å². The normalized spacial score (nSPS) is 16.0. The number of aliphatic imine (C=N–C) groups is 2. The molecule has 0 fully saturated rings. The van der Waals surface area contributed by atoms with Crippen LogP contribution in [0.2, 0.25) is 0 Å². The zero-order valence-electron chi connectivity index (χ0n) is 15.4. The van der Waals surface area contributed by atoms with E-state index in [9.17, 15) is 0 Å². The predicted molar refractivity (Wildman–Crippen MR) is 123 cm³/mol. The number of hydrogen-bond donors (Lipinski definition) is 2. The molecule has 0 atom stereocenters. The van der Waals surface area contributed by atoms with Crippen LogP contribution in [0.1, 0.15) is 11.1 Å². The van der Waals surface area contributed by atoms with E-state index < -0.39 is 0 Å². The zero-order valence-corrected chi connectivity index (χ0v) is 18.0. The third kappa shape index (κ3) is 5.26. The van der Waals surface area contributed by atoms with Gasteiger partial charge in [-0.2, -0.15) is 10.2 Å². The van der Waals surface area contributed by atoms with E-state index in [1.807, 2.05) is 24.3 Å². The monoisotopic (exact) mass is 464 g/mol. The number of nitrogens with zero attached hydrogens (tertiary/aromatic N) is 4. The van der Waals surface area contributed by atoms with Gasteiger partial charge in [0.15, 0.2) is 0 Å². The molecular weight excluding hydrogens is 447 g/mol. The first kappa shape index (κ1) is 22.7. The number of hydrazone groups is 2. The van der Waals surface area contributed by atoms with E-state index in [0.29, 0.717) is 24.5 Å². The SMILES string of the molecule is C=CCN=C([S-])N/N=C1\C(=N\NC([S-])=NCC=C)c2cccc3cccc1c23.[Ni+2]. The van der Waals surface area contributed by atoms with Gasteiger partial charge < -0.3 is 25.3 Å². The summed E-state index contributed by atoms with van der Waals surface area (Å²) in [5.74, 6) is 0. The van der Waals surface area contributed by atoms with E-state index in [-0.39, 0.29) is 26.8 Å². The van der Waals surface area contributed by atoms with Crippen LogP contribution in [0.3, 0.4) is 0 Å². The van der Waals surface area contributed by atoms with Crippen molar-refractivity contribution in [2.24, 2.45) is 20.2 Å². The van der Waals surface area contributed by atoms with Gasteiger partial charge in [-0.1, -0.05) is 48.6 Å². The third-order valence-corrected chi connectivity index (χ3v) is 4.33. The summed E-state index contributed by atoms with van der Waals surface area (Å²) >= 11 is 10.4. The summed E-state index contributed by atoms with van der Waals surface area (Å²) in [5.41, 5.74) is 8.86. The smallest absolute Gasteiger partial charge is 0.741 e. The van der Waals surface area contributed by atoms with Crippen LogP contribution >= 0.6 is 0 Å². The fourth-order valence-electron chi connectivity index (χ4n) is 2.79. The Bertz CT molecular complexity index is 964. The molecule has 0 amide bonds. The van der Waals surface area contributed by atoms with Crippen molar-refractivity contribution >= 4 is 57.8 Å². The predicted octanol–water partition coefficient (Wildman–Crippen LogP) is 2.62. The zero-order chi connectivity index (χ0) is 19.9. The summed E-state index contributed by atoms with van der Waals surface area (Å²) in [6, 6.07) is 12.1. The van der Waals surface area contributed by atoms with E-state index >= 15 is 0 Å². The fraction of sp³-hybridized carbons (Fsp3) is 0.100. The first-order valence-electron chi connectivity index (χ1n) is 8.50. The largest absolute Gasteiger partial charge is 2.00 e. The number of nitrogens with one attached hydrogen (secondary N) is 2. The molecule has 0 bridgehead atoms. The van der Waals surface area contributed by atoms with Crippen molar-refractivity contribution in [3.05, 3.63) is 72.8 Å². The number of rotatable bonds is 6. The van der Waals surface area contributed by atoms with Gasteiger partial charge in [-0.15, -0.1) is 13.2 Å². The van der Waals surface area contributed by atoms with E-state index in [2.05, 4.69) is 56.3 Å². The summed E-state index contributed by atoms with van der Waals surface area (Å²) in [4.78, 5) is 8.26. The quantitative estimate of drug-likeness (QED) is 0.172. The van der Waals surface area contributed by atoms with Gasteiger partial charge in [-0.3, -0.25) is 20.8 Å². The van der Waals surface area contributed by atoms with Gasteiger partial charge in [-0.05, 0) is 15.7 Å². The Balaban J connectivity index is 0.00000300. The molecule has 9 heteroatoms. The van der Waals surface area contributed by atoms with Gasteiger partial charge in [0.1, 0.15) is 11.4 Å². The molecule has 150 valence electrons. The summed E-state index contributed by atoms with van der Waals surface area (Å²) in [6.45, 7) is 8.10. The molecule has 0 saturated heterocycles.